The molecular weight excluding hydrogens is 154 g/mol. The molecule has 0 aliphatic carbocycles. The zero-order valence-electron chi connectivity index (χ0n) is 8.02. The Labute approximate surface area is 73.6 Å². The Morgan fingerprint density at radius 2 is 2.08 bits per heavy atom. The van der Waals surface area contributed by atoms with Crippen molar-refractivity contribution in [1.82, 2.24) is 0 Å². The summed E-state index contributed by atoms with van der Waals surface area (Å²) in [6, 6.07) is 0. The van der Waals surface area contributed by atoms with Gasteiger partial charge in [-0.3, -0.25) is 5.41 Å². The molecule has 0 spiro atoms. The lowest BCUT2D eigenvalue weighted by Gasteiger charge is -2.06. The van der Waals surface area contributed by atoms with E-state index in [0.717, 1.165) is 12.8 Å². The molecular formula is C9H17NO2. The van der Waals surface area contributed by atoms with Gasteiger partial charge in [0.1, 0.15) is 5.71 Å². The van der Waals surface area contributed by atoms with Gasteiger partial charge in [-0.2, -0.15) is 0 Å². The van der Waals surface area contributed by atoms with Crippen LogP contribution >= 0.6 is 0 Å². The molecule has 0 unspecified atom stereocenters. The van der Waals surface area contributed by atoms with Crippen LogP contribution in [0.1, 0.15) is 33.6 Å². The summed E-state index contributed by atoms with van der Waals surface area (Å²) >= 11 is 0. The second-order valence-corrected chi connectivity index (χ2v) is 3.06. The first kappa shape index (κ1) is 11.1. The van der Waals surface area contributed by atoms with Gasteiger partial charge in [-0.15, -0.1) is 0 Å². The fraction of sp³-hybridized carbons (Fsp3) is 0.778. The molecule has 0 fully saturated rings. The SMILES string of the molecule is CCCCOC(=O)C(=N)C(C)C. The Kier molecular flexibility index (Phi) is 5.34. The normalized spacial score (nSPS) is 10.0. The molecule has 0 atom stereocenters. The minimum absolute atomic E-state index is 0.0425. The molecule has 0 amide bonds. The highest BCUT2D eigenvalue weighted by Crippen LogP contribution is 1.98. The number of rotatable bonds is 5. The van der Waals surface area contributed by atoms with E-state index in [1.54, 1.807) is 0 Å². The predicted molar refractivity (Wildman–Crippen MR) is 48.4 cm³/mol. The van der Waals surface area contributed by atoms with Gasteiger partial charge in [0.25, 0.3) is 0 Å². The van der Waals surface area contributed by atoms with E-state index < -0.39 is 5.97 Å². The Hall–Kier alpha value is -0.860. The van der Waals surface area contributed by atoms with Crippen molar-refractivity contribution < 1.29 is 9.53 Å². The van der Waals surface area contributed by atoms with E-state index in [0.29, 0.717) is 6.61 Å². The van der Waals surface area contributed by atoms with Crippen LogP contribution in [0.5, 0.6) is 0 Å². The van der Waals surface area contributed by atoms with Crippen molar-refractivity contribution in [3.8, 4) is 0 Å². The highest BCUT2D eigenvalue weighted by atomic mass is 16.5. The molecule has 0 bridgehead atoms. The minimum Gasteiger partial charge on any atom is -0.461 e. The fourth-order valence-corrected chi connectivity index (χ4v) is 0.623. The zero-order valence-corrected chi connectivity index (χ0v) is 8.02. The summed E-state index contributed by atoms with van der Waals surface area (Å²) in [5, 5.41) is 7.31. The number of carbonyl (C=O) groups is 1. The van der Waals surface area contributed by atoms with Crippen molar-refractivity contribution in [2.24, 2.45) is 5.92 Å². The quantitative estimate of drug-likeness (QED) is 0.391. The molecule has 0 aromatic carbocycles. The van der Waals surface area contributed by atoms with E-state index in [9.17, 15) is 4.79 Å². The molecule has 3 heteroatoms. The van der Waals surface area contributed by atoms with Crippen LogP contribution < -0.4 is 0 Å². The van der Waals surface area contributed by atoms with E-state index in [-0.39, 0.29) is 11.6 Å². The summed E-state index contributed by atoms with van der Waals surface area (Å²) in [6.45, 7) is 6.08. The summed E-state index contributed by atoms with van der Waals surface area (Å²) in [6.07, 6.45) is 1.87. The van der Waals surface area contributed by atoms with Gasteiger partial charge in [-0.1, -0.05) is 27.2 Å². The molecule has 0 aromatic heterocycles. The van der Waals surface area contributed by atoms with Gasteiger partial charge in [0, 0.05) is 5.92 Å². The fourth-order valence-electron chi connectivity index (χ4n) is 0.623. The van der Waals surface area contributed by atoms with E-state index >= 15 is 0 Å². The number of esters is 1. The van der Waals surface area contributed by atoms with Crippen LogP contribution in [0.4, 0.5) is 0 Å². The van der Waals surface area contributed by atoms with Crippen molar-refractivity contribution >= 4 is 11.7 Å². The van der Waals surface area contributed by atoms with Gasteiger partial charge < -0.3 is 4.74 Å². The molecule has 0 aliphatic rings. The monoisotopic (exact) mass is 171 g/mol. The third-order valence-corrected chi connectivity index (χ3v) is 1.53. The van der Waals surface area contributed by atoms with Crippen molar-refractivity contribution in [2.45, 2.75) is 33.6 Å². The van der Waals surface area contributed by atoms with Gasteiger partial charge in [0.15, 0.2) is 0 Å². The Morgan fingerprint density at radius 3 is 2.50 bits per heavy atom. The Balaban J connectivity index is 3.65. The van der Waals surface area contributed by atoms with Gasteiger partial charge in [0.05, 0.1) is 6.61 Å². The maximum Gasteiger partial charge on any atom is 0.352 e. The molecule has 0 aliphatic heterocycles. The molecule has 12 heavy (non-hydrogen) atoms. The van der Waals surface area contributed by atoms with Crippen molar-refractivity contribution in [1.29, 1.82) is 5.41 Å². The molecule has 70 valence electrons. The highest BCUT2D eigenvalue weighted by Gasteiger charge is 2.13. The van der Waals surface area contributed by atoms with Crippen molar-refractivity contribution in [2.75, 3.05) is 6.61 Å². The number of hydrogen-bond acceptors (Lipinski definition) is 3. The first-order valence-corrected chi connectivity index (χ1v) is 4.35. The maximum atomic E-state index is 11.0. The van der Waals surface area contributed by atoms with Gasteiger partial charge in [0.2, 0.25) is 0 Å². The molecule has 3 nitrogen and oxygen atoms in total. The van der Waals surface area contributed by atoms with E-state index in [1.807, 2.05) is 20.8 Å². The lowest BCUT2D eigenvalue weighted by atomic mass is 10.1. The maximum absolute atomic E-state index is 11.0. The summed E-state index contributed by atoms with van der Waals surface area (Å²) in [5.41, 5.74) is 0.0612. The first-order valence-electron chi connectivity index (χ1n) is 4.35. The number of ether oxygens (including phenoxy) is 1. The zero-order chi connectivity index (χ0) is 9.56. The lowest BCUT2D eigenvalue weighted by Crippen LogP contribution is -2.21. The van der Waals surface area contributed by atoms with Gasteiger partial charge >= 0.3 is 5.97 Å². The smallest absolute Gasteiger partial charge is 0.352 e. The third-order valence-electron chi connectivity index (χ3n) is 1.53. The van der Waals surface area contributed by atoms with Crippen LogP contribution in [0.25, 0.3) is 0 Å². The molecule has 0 aromatic rings. The van der Waals surface area contributed by atoms with E-state index in [4.69, 9.17) is 10.1 Å². The molecule has 0 rings (SSSR count). The molecule has 0 heterocycles. The van der Waals surface area contributed by atoms with Gasteiger partial charge in [-0.05, 0) is 6.42 Å². The second-order valence-electron chi connectivity index (χ2n) is 3.06. The van der Waals surface area contributed by atoms with Crippen LogP contribution in [0, 0.1) is 11.3 Å². The number of unbranched alkanes of at least 4 members (excludes halogenated alkanes) is 1. The average Bonchev–Trinajstić information content (AvgIpc) is 2.03. The predicted octanol–water partition coefficient (Wildman–Crippen LogP) is 2.01. The summed E-state index contributed by atoms with van der Waals surface area (Å²) in [5.74, 6) is -0.516. The lowest BCUT2D eigenvalue weighted by molar-refractivity contribution is -0.136. The third kappa shape index (κ3) is 4.11. The number of carbonyl (C=O) groups excluding carboxylic acids is 1. The largest absolute Gasteiger partial charge is 0.461 e. The van der Waals surface area contributed by atoms with Gasteiger partial charge in [-0.25, -0.2) is 4.79 Å². The highest BCUT2D eigenvalue weighted by molar-refractivity contribution is 6.35. The second kappa shape index (κ2) is 5.75. The van der Waals surface area contributed by atoms with Crippen molar-refractivity contribution in [3.63, 3.8) is 0 Å². The standard InChI is InChI=1S/C9H17NO2/c1-4-5-6-12-9(11)8(10)7(2)3/h7,10H,4-6H2,1-3H3. The topological polar surface area (TPSA) is 50.2 Å². The van der Waals surface area contributed by atoms with E-state index in [2.05, 4.69) is 0 Å². The number of nitrogens with one attached hydrogen (secondary N) is 1. The molecule has 1 N–H and O–H groups in total. The van der Waals surface area contributed by atoms with Crippen LogP contribution in [0.2, 0.25) is 0 Å². The Bertz CT molecular complexity index is 164. The summed E-state index contributed by atoms with van der Waals surface area (Å²) < 4.78 is 4.84. The Morgan fingerprint density at radius 1 is 1.50 bits per heavy atom. The average molecular weight is 171 g/mol. The van der Waals surface area contributed by atoms with Crippen LogP contribution in [-0.4, -0.2) is 18.3 Å². The van der Waals surface area contributed by atoms with Crippen LogP contribution in [0.3, 0.4) is 0 Å². The molecule has 0 saturated carbocycles. The minimum atomic E-state index is -0.474. The molecule has 0 saturated heterocycles. The van der Waals surface area contributed by atoms with Crippen molar-refractivity contribution in [3.05, 3.63) is 0 Å². The summed E-state index contributed by atoms with van der Waals surface area (Å²) in [4.78, 5) is 11.0. The van der Waals surface area contributed by atoms with E-state index in [1.165, 1.54) is 0 Å². The summed E-state index contributed by atoms with van der Waals surface area (Å²) in [7, 11) is 0. The molecule has 0 radical (unpaired) electrons. The van der Waals surface area contributed by atoms with Crippen LogP contribution in [-0.2, 0) is 9.53 Å². The first-order chi connectivity index (χ1) is 5.59. The number of hydrogen-bond donors (Lipinski definition) is 1. The van der Waals surface area contributed by atoms with Crippen LogP contribution in [0.15, 0.2) is 0 Å².